The molecule has 1 fully saturated rings. The summed E-state index contributed by atoms with van der Waals surface area (Å²) in [5.41, 5.74) is 0.515. The Morgan fingerprint density at radius 1 is 1.29 bits per heavy atom. The van der Waals surface area contributed by atoms with Crippen LogP contribution in [0.1, 0.15) is 18.0 Å². The van der Waals surface area contributed by atoms with Crippen molar-refractivity contribution < 1.29 is 22.3 Å². The third-order valence-corrected chi connectivity index (χ3v) is 5.29. The number of sulfonamides is 1. The van der Waals surface area contributed by atoms with Gasteiger partial charge in [-0.15, -0.1) is 0 Å². The number of halogens is 1. The van der Waals surface area contributed by atoms with E-state index in [2.05, 4.69) is 0 Å². The number of hydrogen-bond acceptors (Lipinski definition) is 4. The third-order valence-electron chi connectivity index (χ3n) is 3.53. The lowest BCUT2D eigenvalue weighted by Gasteiger charge is -2.22. The number of hydrogen-bond donors (Lipinski definition) is 1. The second kappa shape index (κ2) is 5.25. The summed E-state index contributed by atoms with van der Waals surface area (Å²) >= 11 is 0. The van der Waals surface area contributed by atoms with Gasteiger partial charge in [0.25, 0.3) is 10.0 Å². The van der Waals surface area contributed by atoms with E-state index in [4.69, 9.17) is 4.42 Å². The lowest BCUT2D eigenvalue weighted by molar-refractivity contribution is 0.188. The molecule has 1 aliphatic rings. The largest absolute Gasteiger partial charge is 0.452 e. The van der Waals surface area contributed by atoms with Gasteiger partial charge in [-0.1, -0.05) is 12.1 Å². The lowest BCUT2D eigenvalue weighted by atomic mass is 10.0. The van der Waals surface area contributed by atoms with Gasteiger partial charge in [0.05, 0.1) is 18.4 Å². The van der Waals surface area contributed by atoms with E-state index >= 15 is 0 Å². The second-order valence-corrected chi connectivity index (χ2v) is 6.79. The molecule has 0 saturated carbocycles. The maximum atomic E-state index is 13.4. The molecule has 0 radical (unpaired) electrons. The van der Waals surface area contributed by atoms with E-state index in [1.165, 1.54) is 36.6 Å². The van der Waals surface area contributed by atoms with Crippen LogP contribution in [0.5, 0.6) is 0 Å². The van der Waals surface area contributed by atoms with E-state index in [0.29, 0.717) is 5.56 Å². The van der Waals surface area contributed by atoms with E-state index in [0.717, 1.165) is 4.31 Å². The van der Waals surface area contributed by atoms with Crippen LogP contribution in [0.2, 0.25) is 0 Å². The first kappa shape index (κ1) is 14.2. The Morgan fingerprint density at radius 2 is 2.10 bits per heavy atom. The molecular formula is C14H14FNO4S. The first-order valence-corrected chi connectivity index (χ1v) is 7.91. The van der Waals surface area contributed by atoms with Crippen molar-refractivity contribution in [3.05, 3.63) is 54.0 Å². The molecule has 5 nitrogen and oxygen atoms in total. The van der Waals surface area contributed by atoms with Crippen LogP contribution in [0.3, 0.4) is 0 Å². The highest BCUT2D eigenvalue weighted by atomic mass is 32.2. The molecule has 0 unspecified atom stereocenters. The van der Waals surface area contributed by atoms with Gasteiger partial charge < -0.3 is 9.52 Å². The Hall–Kier alpha value is -1.70. The van der Waals surface area contributed by atoms with Crippen molar-refractivity contribution in [2.45, 2.75) is 23.7 Å². The Labute approximate surface area is 121 Å². The zero-order chi connectivity index (χ0) is 15.0. The quantitative estimate of drug-likeness (QED) is 0.940. The summed E-state index contributed by atoms with van der Waals surface area (Å²) in [5.74, 6) is -0.441. The van der Waals surface area contributed by atoms with Crippen LogP contribution in [0.25, 0.3) is 0 Å². The van der Waals surface area contributed by atoms with Gasteiger partial charge in [-0.05, 0) is 36.2 Å². The second-order valence-electron chi connectivity index (χ2n) is 4.97. The van der Waals surface area contributed by atoms with Gasteiger partial charge in [-0.2, -0.15) is 4.31 Å². The van der Waals surface area contributed by atoms with Crippen LogP contribution in [-0.2, 0) is 10.0 Å². The topological polar surface area (TPSA) is 70.8 Å². The maximum absolute atomic E-state index is 13.4. The molecule has 21 heavy (non-hydrogen) atoms. The van der Waals surface area contributed by atoms with Crippen LogP contribution in [0, 0.1) is 5.82 Å². The summed E-state index contributed by atoms with van der Waals surface area (Å²) in [6, 6.07) is 7.97. The zero-order valence-electron chi connectivity index (χ0n) is 11.0. The number of β-amino-alcohol motifs (C(OH)–C–C–N with tert-alkyl or cyclic N) is 1. The summed E-state index contributed by atoms with van der Waals surface area (Å²) in [5, 5.41) is 9.65. The number of aliphatic hydroxyl groups excluding tert-OH is 1. The Morgan fingerprint density at radius 3 is 2.76 bits per heavy atom. The minimum Gasteiger partial charge on any atom is -0.452 e. The highest BCUT2D eigenvalue weighted by molar-refractivity contribution is 7.89. The van der Waals surface area contributed by atoms with E-state index in [9.17, 15) is 17.9 Å². The molecule has 1 saturated heterocycles. The molecule has 1 aliphatic heterocycles. The molecule has 0 aliphatic carbocycles. The van der Waals surface area contributed by atoms with Gasteiger partial charge in [0, 0.05) is 6.54 Å². The van der Waals surface area contributed by atoms with Crippen LogP contribution < -0.4 is 0 Å². The number of aliphatic hydroxyl groups is 1. The molecule has 1 N–H and O–H groups in total. The molecule has 7 heteroatoms. The van der Waals surface area contributed by atoms with Gasteiger partial charge in [-0.25, -0.2) is 12.8 Å². The van der Waals surface area contributed by atoms with Crippen molar-refractivity contribution in [3.8, 4) is 0 Å². The zero-order valence-corrected chi connectivity index (χ0v) is 11.8. The predicted molar refractivity (Wildman–Crippen MR) is 72.4 cm³/mol. The average molecular weight is 311 g/mol. The minimum absolute atomic E-state index is 0.0375. The van der Waals surface area contributed by atoms with E-state index < -0.39 is 28.0 Å². The fraction of sp³-hybridized carbons (Fsp3) is 0.286. The van der Waals surface area contributed by atoms with Gasteiger partial charge in [0.15, 0.2) is 0 Å². The monoisotopic (exact) mass is 311 g/mol. The fourth-order valence-corrected chi connectivity index (χ4v) is 4.16. The fourth-order valence-electron chi connectivity index (χ4n) is 2.59. The molecule has 3 rings (SSSR count). The molecule has 2 atom stereocenters. The predicted octanol–water partition coefficient (Wildman–Crippen LogP) is 1.92. The van der Waals surface area contributed by atoms with Crippen molar-refractivity contribution in [1.82, 2.24) is 4.31 Å². The van der Waals surface area contributed by atoms with E-state index in [1.54, 1.807) is 6.07 Å². The summed E-state index contributed by atoms with van der Waals surface area (Å²) < 4.78 is 44.6. The Kier molecular flexibility index (Phi) is 3.56. The van der Waals surface area contributed by atoms with E-state index in [-0.39, 0.29) is 18.1 Å². The van der Waals surface area contributed by atoms with Crippen molar-refractivity contribution >= 4 is 10.0 Å². The number of rotatable bonds is 3. The van der Waals surface area contributed by atoms with Gasteiger partial charge >= 0.3 is 0 Å². The number of benzene rings is 1. The van der Waals surface area contributed by atoms with Crippen LogP contribution >= 0.6 is 0 Å². The van der Waals surface area contributed by atoms with E-state index in [1.807, 2.05) is 0 Å². The summed E-state index contributed by atoms with van der Waals surface area (Å²) in [4.78, 5) is 0. The van der Waals surface area contributed by atoms with Crippen molar-refractivity contribution in [2.75, 3.05) is 6.54 Å². The van der Waals surface area contributed by atoms with Crippen LogP contribution in [0.15, 0.2) is 52.2 Å². The highest BCUT2D eigenvalue weighted by Gasteiger charge is 2.41. The van der Waals surface area contributed by atoms with Crippen molar-refractivity contribution in [1.29, 1.82) is 0 Å². The van der Waals surface area contributed by atoms with Gasteiger partial charge in [-0.3, -0.25) is 0 Å². The maximum Gasteiger partial charge on any atom is 0.277 e. The molecular weight excluding hydrogens is 297 g/mol. The highest BCUT2D eigenvalue weighted by Crippen LogP contribution is 2.36. The van der Waals surface area contributed by atoms with Crippen LogP contribution in [0.4, 0.5) is 4.39 Å². The Balaban J connectivity index is 2.01. The normalized spacial score (nSPS) is 23.5. The van der Waals surface area contributed by atoms with Gasteiger partial charge in [0.1, 0.15) is 5.82 Å². The molecule has 0 bridgehead atoms. The molecule has 1 aromatic carbocycles. The molecule has 1 aromatic heterocycles. The Bertz CT molecular complexity index is 729. The number of nitrogens with zero attached hydrogens (tertiary/aromatic N) is 1. The molecule has 2 aromatic rings. The summed E-state index contributed by atoms with van der Waals surface area (Å²) in [7, 11) is -3.85. The third kappa shape index (κ3) is 2.59. The smallest absolute Gasteiger partial charge is 0.277 e. The number of furan rings is 1. The minimum atomic E-state index is -3.85. The summed E-state index contributed by atoms with van der Waals surface area (Å²) in [6.45, 7) is -0.0375. The van der Waals surface area contributed by atoms with Gasteiger partial charge in [0.2, 0.25) is 5.09 Å². The first-order chi connectivity index (χ1) is 9.98. The molecule has 0 amide bonds. The molecule has 112 valence electrons. The average Bonchev–Trinajstić information content (AvgIpc) is 3.08. The van der Waals surface area contributed by atoms with Crippen molar-refractivity contribution in [2.24, 2.45) is 0 Å². The summed E-state index contributed by atoms with van der Waals surface area (Å²) in [6.07, 6.45) is 0.711. The lowest BCUT2D eigenvalue weighted by Crippen LogP contribution is -2.31. The molecule has 0 spiro atoms. The molecule has 2 heterocycles. The van der Waals surface area contributed by atoms with Crippen LogP contribution in [-0.4, -0.2) is 30.5 Å². The standard InChI is InChI=1S/C14H14FNO4S/c15-11-4-1-3-10(7-11)13-8-12(17)9-16(13)21(18,19)14-5-2-6-20-14/h1-7,12-13,17H,8-9H2/t12-,13+/m1/s1. The van der Waals surface area contributed by atoms with Crippen molar-refractivity contribution in [3.63, 3.8) is 0 Å². The first-order valence-electron chi connectivity index (χ1n) is 6.47. The SMILES string of the molecule is O=S(=O)(c1ccco1)N1C[C@H](O)C[C@H]1c1cccc(F)c1.